The van der Waals surface area contributed by atoms with Gasteiger partial charge < -0.3 is 20.7 Å². The van der Waals surface area contributed by atoms with E-state index in [1.165, 1.54) is 6.20 Å². The molecule has 0 bridgehead atoms. The lowest BCUT2D eigenvalue weighted by Crippen LogP contribution is -2.50. The van der Waals surface area contributed by atoms with Gasteiger partial charge in [0.05, 0.1) is 23.1 Å². The zero-order chi connectivity index (χ0) is 21.7. The van der Waals surface area contributed by atoms with Crippen molar-refractivity contribution in [3.05, 3.63) is 29.7 Å². The van der Waals surface area contributed by atoms with E-state index in [9.17, 15) is 9.18 Å². The Morgan fingerprint density at radius 2 is 2.13 bits per heavy atom. The lowest BCUT2D eigenvalue weighted by Gasteiger charge is -2.28. The maximum atomic E-state index is 14.9. The van der Waals surface area contributed by atoms with E-state index in [0.717, 1.165) is 32.6 Å². The molecular weight excluding hydrogens is 423 g/mol. The van der Waals surface area contributed by atoms with Crippen molar-refractivity contribution in [2.45, 2.75) is 31.4 Å². The summed E-state index contributed by atoms with van der Waals surface area (Å²) in [5.74, 6) is 0.680. The van der Waals surface area contributed by atoms with Gasteiger partial charge in [-0.15, -0.1) is 0 Å². The molecule has 0 aromatic carbocycles. The van der Waals surface area contributed by atoms with E-state index in [-0.39, 0.29) is 18.8 Å². The van der Waals surface area contributed by atoms with Gasteiger partial charge in [-0.3, -0.25) is 9.78 Å². The number of alkyl halides is 1. The van der Waals surface area contributed by atoms with Crippen molar-refractivity contribution < 1.29 is 13.9 Å². The van der Waals surface area contributed by atoms with Gasteiger partial charge in [0, 0.05) is 38.1 Å². The van der Waals surface area contributed by atoms with E-state index in [0.29, 0.717) is 41.0 Å². The number of ether oxygens (including phenoxy) is 1. The molecule has 166 valence electrons. The van der Waals surface area contributed by atoms with Gasteiger partial charge >= 0.3 is 0 Å². The molecule has 31 heavy (non-hydrogen) atoms. The highest BCUT2D eigenvalue weighted by Gasteiger charge is 2.40. The van der Waals surface area contributed by atoms with Crippen molar-refractivity contribution in [1.82, 2.24) is 20.3 Å². The maximum Gasteiger partial charge on any atom is 0.264 e. The fraction of sp³-hybridized carbons (Fsp3) is 0.524. The number of rotatable bonds is 6. The number of halogens is 2. The van der Waals surface area contributed by atoms with Gasteiger partial charge in [-0.05, 0) is 44.2 Å². The Morgan fingerprint density at radius 1 is 1.29 bits per heavy atom. The van der Waals surface area contributed by atoms with Crippen molar-refractivity contribution in [1.29, 1.82) is 0 Å². The first-order chi connectivity index (χ1) is 15.0. The normalized spacial score (nSPS) is 22.1. The Labute approximate surface area is 185 Å². The summed E-state index contributed by atoms with van der Waals surface area (Å²) in [6.07, 6.45) is 7.49. The molecular formula is C21H26ClFN6O2. The third-order valence-electron chi connectivity index (χ3n) is 5.66. The molecule has 4 heterocycles. The van der Waals surface area contributed by atoms with E-state index in [1.807, 2.05) is 0 Å². The number of carbonyl (C=O) groups is 1. The molecule has 3 N–H and O–H groups in total. The molecule has 0 spiro atoms. The molecule has 2 fully saturated rings. The first-order valence-corrected chi connectivity index (χ1v) is 10.9. The lowest BCUT2D eigenvalue weighted by atomic mass is 9.95. The van der Waals surface area contributed by atoms with Gasteiger partial charge in [-0.1, -0.05) is 11.6 Å². The molecule has 0 aliphatic carbocycles. The predicted octanol–water partition coefficient (Wildman–Crippen LogP) is 3.06. The molecule has 0 radical (unpaired) electrons. The lowest BCUT2D eigenvalue weighted by molar-refractivity contribution is -0.128. The molecule has 4 rings (SSSR count). The number of nitrogens with zero attached hydrogens (tertiary/aromatic N) is 3. The summed E-state index contributed by atoms with van der Waals surface area (Å²) in [6.45, 7) is 3.07. The largest absolute Gasteiger partial charge is 0.381 e. The Hall–Kier alpha value is -2.36. The van der Waals surface area contributed by atoms with Crippen LogP contribution in [0.3, 0.4) is 0 Å². The zero-order valence-corrected chi connectivity index (χ0v) is 17.9. The smallest absolute Gasteiger partial charge is 0.264 e. The number of hydrogen-bond donors (Lipinski definition) is 3. The van der Waals surface area contributed by atoms with Crippen LogP contribution in [0.4, 0.5) is 16.0 Å². The molecule has 2 saturated heterocycles. The number of hydrogen-bond acceptors (Lipinski definition) is 7. The minimum absolute atomic E-state index is 0.00834. The number of aromatic nitrogens is 3. The van der Waals surface area contributed by atoms with Crippen LogP contribution in [0.15, 0.2) is 24.7 Å². The summed E-state index contributed by atoms with van der Waals surface area (Å²) in [5, 5.41) is 9.18. The van der Waals surface area contributed by atoms with Gasteiger partial charge in [0.1, 0.15) is 11.6 Å². The molecule has 1 amide bonds. The Morgan fingerprint density at radius 3 is 2.90 bits per heavy atom. The van der Waals surface area contributed by atoms with E-state index < -0.39 is 11.6 Å². The van der Waals surface area contributed by atoms with E-state index in [2.05, 4.69) is 30.9 Å². The molecule has 2 aliphatic rings. The summed E-state index contributed by atoms with van der Waals surface area (Å²) < 4.78 is 20.3. The second-order valence-electron chi connectivity index (χ2n) is 7.98. The van der Waals surface area contributed by atoms with Crippen LogP contribution < -0.4 is 16.0 Å². The van der Waals surface area contributed by atoms with Gasteiger partial charge in [0.2, 0.25) is 5.67 Å². The maximum absolute atomic E-state index is 14.9. The highest BCUT2D eigenvalue weighted by molar-refractivity contribution is 6.33. The second kappa shape index (κ2) is 9.84. The molecule has 8 nitrogen and oxygen atoms in total. The van der Waals surface area contributed by atoms with Crippen molar-refractivity contribution in [2.75, 3.05) is 43.5 Å². The number of piperidine rings is 1. The Kier molecular flexibility index (Phi) is 6.94. The van der Waals surface area contributed by atoms with Crippen molar-refractivity contribution in [2.24, 2.45) is 5.92 Å². The summed E-state index contributed by atoms with van der Waals surface area (Å²) in [7, 11) is 0. The number of pyridine rings is 1. The molecule has 2 aromatic rings. The van der Waals surface area contributed by atoms with Crippen LogP contribution in [0.1, 0.15) is 25.7 Å². The summed E-state index contributed by atoms with van der Waals surface area (Å²) in [4.78, 5) is 25.4. The van der Waals surface area contributed by atoms with Gasteiger partial charge in [-0.25, -0.2) is 14.4 Å². The third-order valence-corrected chi connectivity index (χ3v) is 5.96. The van der Waals surface area contributed by atoms with Crippen molar-refractivity contribution in [3.8, 4) is 11.3 Å². The highest BCUT2D eigenvalue weighted by atomic mass is 35.5. The van der Waals surface area contributed by atoms with Crippen LogP contribution in [-0.4, -0.2) is 59.4 Å². The monoisotopic (exact) mass is 448 g/mol. The van der Waals surface area contributed by atoms with Crippen molar-refractivity contribution in [3.63, 3.8) is 0 Å². The molecule has 10 heteroatoms. The number of carbonyl (C=O) groups excluding carboxylic acids is 1. The van der Waals surface area contributed by atoms with Crippen LogP contribution >= 0.6 is 11.6 Å². The number of nitrogens with one attached hydrogen (secondary N) is 3. The average Bonchev–Trinajstić information content (AvgIpc) is 2.80. The first kappa shape index (κ1) is 21.9. The molecule has 1 unspecified atom stereocenters. The summed E-state index contributed by atoms with van der Waals surface area (Å²) >= 11 is 6.33. The Balaban J connectivity index is 1.47. The topological polar surface area (TPSA) is 101 Å². The Bertz CT molecular complexity index is 918. The third kappa shape index (κ3) is 5.47. The van der Waals surface area contributed by atoms with Crippen LogP contribution in [0.5, 0.6) is 0 Å². The molecule has 2 aliphatic heterocycles. The predicted molar refractivity (Wildman–Crippen MR) is 117 cm³/mol. The number of amides is 1. The summed E-state index contributed by atoms with van der Waals surface area (Å²) in [5.41, 5.74) is -0.855. The quantitative estimate of drug-likeness (QED) is 0.624. The van der Waals surface area contributed by atoms with E-state index in [1.54, 1.807) is 18.5 Å². The highest BCUT2D eigenvalue weighted by Crippen LogP contribution is 2.29. The van der Waals surface area contributed by atoms with Gasteiger partial charge in [0.25, 0.3) is 5.91 Å². The first-order valence-electron chi connectivity index (χ1n) is 10.5. The zero-order valence-electron chi connectivity index (χ0n) is 17.2. The van der Waals surface area contributed by atoms with Gasteiger partial charge in [-0.2, -0.15) is 0 Å². The molecule has 1 atom stereocenters. The SMILES string of the molecule is O=C(Nc1cc(-c2cncc(NCC3CCOCC3)n2)c(Cl)cn1)C1(F)CCCNC1. The average molecular weight is 449 g/mol. The minimum Gasteiger partial charge on any atom is -0.381 e. The van der Waals surface area contributed by atoms with Crippen LogP contribution in [0.25, 0.3) is 11.3 Å². The molecule has 2 aromatic heterocycles. The van der Waals surface area contributed by atoms with Crippen molar-refractivity contribution >= 4 is 29.1 Å². The molecule has 0 saturated carbocycles. The standard InChI is InChI=1S/C21H26ClFN6O2/c22-16-10-27-18(29-20(30)21(23)4-1-5-24-13-21)8-15(16)17-11-25-12-19(28-17)26-9-14-2-6-31-7-3-14/h8,10-12,14,24H,1-7,9,13H2,(H,26,28)(H,27,29,30). The van der Waals surface area contributed by atoms with Crippen LogP contribution in [0, 0.1) is 5.92 Å². The summed E-state index contributed by atoms with van der Waals surface area (Å²) in [6, 6.07) is 1.59. The number of anilines is 2. The van der Waals surface area contributed by atoms with Crippen LogP contribution in [0.2, 0.25) is 5.02 Å². The van der Waals surface area contributed by atoms with E-state index in [4.69, 9.17) is 16.3 Å². The van der Waals surface area contributed by atoms with E-state index >= 15 is 0 Å². The fourth-order valence-corrected chi connectivity index (χ4v) is 3.97. The minimum atomic E-state index is -1.95. The fourth-order valence-electron chi connectivity index (χ4n) is 3.77. The van der Waals surface area contributed by atoms with Crippen LogP contribution in [-0.2, 0) is 9.53 Å². The second-order valence-corrected chi connectivity index (χ2v) is 8.38. The van der Waals surface area contributed by atoms with Gasteiger partial charge in [0.15, 0.2) is 0 Å².